The van der Waals surface area contributed by atoms with Gasteiger partial charge < -0.3 is 15.2 Å². The molecule has 2 unspecified atom stereocenters. The number of benzene rings is 3. The molecule has 1 amide bonds. The van der Waals surface area contributed by atoms with Crippen molar-refractivity contribution in [2.24, 2.45) is 0 Å². The van der Waals surface area contributed by atoms with E-state index in [1.807, 2.05) is 36.4 Å². The first kappa shape index (κ1) is 29.3. The predicted molar refractivity (Wildman–Crippen MR) is 134 cm³/mol. The highest BCUT2D eigenvalue weighted by molar-refractivity contribution is 5.90. The van der Waals surface area contributed by atoms with Gasteiger partial charge in [0.25, 0.3) is 5.91 Å². The molecule has 4 N–H and O–H groups in total. The van der Waals surface area contributed by atoms with Gasteiger partial charge in [-0.05, 0) is 59.0 Å². The summed E-state index contributed by atoms with van der Waals surface area (Å²) in [6, 6.07) is 22.9. The first-order valence-electron chi connectivity index (χ1n) is 11.8. The van der Waals surface area contributed by atoms with Gasteiger partial charge in [0.05, 0.1) is 0 Å². The van der Waals surface area contributed by atoms with Gasteiger partial charge in [-0.3, -0.25) is 10.0 Å². The van der Waals surface area contributed by atoms with Crippen molar-refractivity contribution in [2.75, 3.05) is 0 Å². The van der Waals surface area contributed by atoms with Crippen molar-refractivity contribution in [3.8, 4) is 5.75 Å². The lowest BCUT2D eigenvalue weighted by atomic mass is 10.1. The van der Waals surface area contributed by atoms with E-state index in [2.05, 4.69) is 17.4 Å². The van der Waals surface area contributed by atoms with E-state index < -0.39 is 18.1 Å². The maximum Gasteiger partial charge on any atom is 0.490 e. The van der Waals surface area contributed by atoms with Gasteiger partial charge in [-0.15, -0.1) is 0 Å². The van der Waals surface area contributed by atoms with Gasteiger partial charge in [0, 0.05) is 24.6 Å². The molecular weight excluding hydrogens is 520 g/mol. The summed E-state index contributed by atoms with van der Waals surface area (Å²) in [4.78, 5) is 19.9. The van der Waals surface area contributed by atoms with Crippen molar-refractivity contribution in [2.45, 2.75) is 37.7 Å². The lowest BCUT2D eigenvalue weighted by Crippen LogP contribution is -2.21. The number of amides is 1. The highest BCUT2D eigenvalue weighted by Crippen LogP contribution is 2.41. The number of halogens is 4. The maximum absolute atomic E-state index is 13.0. The largest absolute Gasteiger partial charge is 0.490 e. The minimum Gasteiger partial charge on any atom is -0.489 e. The molecule has 1 aliphatic rings. The normalized spacial score (nSPS) is 16.2. The summed E-state index contributed by atoms with van der Waals surface area (Å²) >= 11 is 0. The molecule has 1 saturated carbocycles. The maximum atomic E-state index is 13.0. The molecule has 1 fully saturated rings. The summed E-state index contributed by atoms with van der Waals surface area (Å²) in [5.74, 6) is -2.26. The Morgan fingerprint density at radius 2 is 1.54 bits per heavy atom. The minimum absolute atomic E-state index is 0.246. The number of alkyl halides is 3. The van der Waals surface area contributed by atoms with Crippen LogP contribution in [0.2, 0.25) is 0 Å². The van der Waals surface area contributed by atoms with Gasteiger partial charge in [0.15, 0.2) is 0 Å². The van der Waals surface area contributed by atoms with Gasteiger partial charge in [-0.25, -0.2) is 14.7 Å². The number of carbonyl (C=O) groups excluding carboxylic acids is 1. The molecule has 0 spiro atoms. The number of carboxylic acids is 1. The second kappa shape index (κ2) is 13.5. The van der Waals surface area contributed by atoms with Gasteiger partial charge in [-0.1, -0.05) is 48.5 Å². The second-order valence-corrected chi connectivity index (χ2v) is 8.67. The standard InChI is InChI=1S/C26H25FN2O3.C2HF3O2/c27-22-10-5-20(6-11-22)17-32-23-12-8-21(9-13-23)24-15-25(24)28-16-19-3-1-18(2-4-19)7-14-26(30)29-31;3-2(4,5)1(6)7/h1-14,24-25,28,31H,15-17H2,(H,29,30);(H,6,7)/b14-7+;. The summed E-state index contributed by atoms with van der Waals surface area (Å²) in [6.45, 7) is 1.19. The number of aliphatic carboxylic acids is 1. The zero-order valence-corrected chi connectivity index (χ0v) is 20.5. The molecule has 4 rings (SSSR count). The summed E-state index contributed by atoms with van der Waals surface area (Å²) < 4.78 is 50.5. The van der Waals surface area contributed by atoms with Crippen LogP contribution in [0.25, 0.3) is 6.08 Å². The zero-order valence-electron chi connectivity index (χ0n) is 20.5. The lowest BCUT2D eigenvalue weighted by Gasteiger charge is -2.08. The predicted octanol–water partition coefficient (Wildman–Crippen LogP) is 5.20. The Labute approximate surface area is 221 Å². The van der Waals surface area contributed by atoms with E-state index in [0.717, 1.165) is 29.8 Å². The SMILES string of the molecule is O=C(/C=C/c1ccc(CNC2CC2c2ccc(OCc3ccc(F)cc3)cc2)cc1)NO.O=C(O)C(F)(F)F. The molecule has 206 valence electrons. The Hall–Kier alpha value is -4.22. The average molecular weight is 547 g/mol. The Morgan fingerprint density at radius 3 is 2.10 bits per heavy atom. The first-order chi connectivity index (χ1) is 18.5. The van der Waals surface area contributed by atoms with Gasteiger partial charge in [-0.2, -0.15) is 13.2 Å². The average Bonchev–Trinajstić information content (AvgIpc) is 3.70. The van der Waals surface area contributed by atoms with Crippen LogP contribution in [0.5, 0.6) is 5.75 Å². The Balaban J connectivity index is 0.000000532. The van der Waals surface area contributed by atoms with Crippen LogP contribution in [0.1, 0.15) is 34.6 Å². The lowest BCUT2D eigenvalue weighted by molar-refractivity contribution is -0.192. The Kier molecular flexibility index (Phi) is 10.2. The number of ether oxygens (including phenoxy) is 1. The molecule has 3 aromatic rings. The summed E-state index contributed by atoms with van der Waals surface area (Å²) in [7, 11) is 0. The fourth-order valence-electron chi connectivity index (χ4n) is 3.55. The third kappa shape index (κ3) is 9.87. The summed E-state index contributed by atoms with van der Waals surface area (Å²) in [5, 5.41) is 19.2. The van der Waals surface area contributed by atoms with Gasteiger partial charge >= 0.3 is 12.1 Å². The van der Waals surface area contributed by atoms with Crippen LogP contribution in [0, 0.1) is 5.82 Å². The van der Waals surface area contributed by atoms with Crippen LogP contribution in [-0.2, 0) is 22.7 Å². The monoisotopic (exact) mass is 546 g/mol. The molecule has 1 aliphatic carbocycles. The highest BCUT2D eigenvalue weighted by atomic mass is 19.4. The Morgan fingerprint density at radius 1 is 0.949 bits per heavy atom. The molecule has 0 aromatic heterocycles. The Bertz CT molecular complexity index is 1260. The van der Waals surface area contributed by atoms with E-state index in [9.17, 15) is 22.4 Å². The molecule has 0 saturated heterocycles. The van der Waals surface area contributed by atoms with Crippen LogP contribution < -0.4 is 15.5 Å². The fraction of sp³-hybridized carbons (Fsp3) is 0.214. The molecule has 0 aliphatic heterocycles. The number of rotatable bonds is 9. The second-order valence-electron chi connectivity index (χ2n) is 8.67. The molecule has 11 heteroatoms. The van der Waals surface area contributed by atoms with E-state index >= 15 is 0 Å². The van der Waals surface area contributed by atoms with E-state index in [1.165, 1.54) is 29.3 Å². The van der Waals surface area contributed by atoms with E-state index in [4.69, 9.17) is 19.8 Å². The minimum atomic E-state index is -5.08. The highest BCUT2D eigenvalue weighted by Gasteiger charge is 2.38. The van der Waals surface area contributed by atoms with Crippen molar-refractivity contribution in [3.63, 3.8) is 0 Å². The molecule has 39 heavy (non-hydrogen) atoms. The fourth-order valence-corrected chi connectivity index (χ4v) is 3.55. The third-order valence-electron chi connectivity index (χ3n) is 5.75. The summed E-state index contributed by atoms with van der Waals surface area (Å²) in [6.07, 6.45) is -1.05. The number of carboxylic acid groups (broad SMARTS) is 1. The molecule has 0 bridgehead atoms. The van der Waals surface area contributed by atoms with Crippen LogP contribution in [-0.4, -0.2) is 34.4 Å². The molecule has 0 radical (unpaired) electrons. The van der Waals surface area contributed by atoms with Crippen LogP contribution in [0.15, 0.2) is 78.9 Å². The first-order valence-corrected chi connectivity index (χ1v) is 11.8. The smallest absolute Gasteiger partial charge is 0.489 e. The number of nitrogens with one attached hydrogen (secondary N) is 2. The number of hydrogen-bond acceptors (Lipinski definition) is 5. The van der Waals surface area contributed by atoms with Gasteiger partial charge in [0.2, 0.25) is 0 Å². The number of carbonyl (C=O) groups is 2. The molecule has 2 atom stereocenters. The van der Waals surface area contributed by atoms with Crippen molar-refractivity contribution >= 4 is 18.0 Å². The zero-order chi connectivity index (χ0) is 28.4. The molecule has 3 aromatic carbocycles. The number of hydrogen-bond donors (Lipinski definition) is 4. The van der Waals surface area contributed by atoms with Crippen molar-refractivity contribution in [1.29, 1.82) is 0 Å². The van der Waals surface area contributed by atoms with Crippen molar-refractivity contribution in [3.05, 3.63) is 107 Å². The van der Waals surface area contributed by atoms with Crippen LogP contribution >= 0.6 is 0 Å². The van der Waals surface area contributed by atoms with E-state index in [1.54, 1.807) is 23.7 Å². The molecule has 7 nitrogen and oxygen atoms in total. The quantitative estimate of drug-likeness (QED) is 0.127. The van der Waals surface area contributed by atoms with Crippen molar-refractivity contribution < 1.29 is 42.2 Å². The van der Waals surface area contributed by atoms with Gasteiger partial charge in [0.1, 0.15) is 18.2 Å². The van der Waals surface area contributed by atoms with Crippen molar-refractivity contribution in [1.82, 2.24) is 10.8 Å². The topological polar surface area (TPSA) is 108 Å². The number of hydroxylamine groups is 1. The molecule has 0 heterocycles. The van der Waals surface area contributed by atoms with E-state index in [-0.39, 0.29) is 5.82 Å². The van der Waals surface area contributed by atoms with Crippen LogP contribution in [0.3, 0.4) is 0 Å². The third-order valence-corrected chi connectivity index (χ3v) is 5.75. The molecular formula is C28H26F4N2O5. The van der Waals surface area contributed by atoms with E-state index in [0.29, 0.717) is 18.6 Å². The summed E-state index contributed by atoms with van der Waals surface area (Å²) in [5.41, 5.74) is 5.85. The van der Waals surface area contributed by atoms with Crippen LogP contribution in [0.4, 0.5) is 17.6 Å².